The second-order valence-corrected chi connectivity index (χ2v) is 5.58. The fourth-order valence-electron chi connectivity index (χ4n) is 2.25. The summed E-state index contributed by atoms with van der Waals surface area (Å²) in [5.41, 5.74) is 0.745. The first-order valence-electron chi connectivity index (χ1n) is 7.56. The topological polar surface area (TPSA) is 49.4 Å². The summed E-state index contributed by atoms with van der Waals surface area (Å²) in [6.07, 6.45) is 0. The zero-order valence-corrected chi connectivity index (χ0v) is 14.0. The van der Waals surface area contributed by atoms with Crippen molar-refractivity contribution in [3.05, 3.63) is 70.5 Å². The van der Waals surface area contributed by atoms with E-state index in [1.165, 1.54) is 12.1 Å². The predicted octanol–water partition coefficient (Wildman–Crippen LogP) is 3.26. The van der Waals surface area contributed by atoms with E-state index < -0.39 is 11.7 Å². The van der Waals surface area contributed by atoms with E-state index in [0.29, 0.717) is 13.1 Å². The van der Waals surface area contributed by atoms with Gasteiger partial charge in [-0.25, -0.2) is 4.39 Å². The first-order chi connectivity index (χ1) is 11.5. The predicted molar refractivity (Wildman–Crippen MR) is 91.3 cm³/mol. The van der Waals surface area contributed by atoms with Crippen molar-refractivity contribution in [1.29, 1.82) is 0 Å². The van der Waals surface area contributed by atoms with Gasteiger partial charge >= 0.3 is 0 Å². The van der Waals surface area contributed by atoms with E-state index in [1.54, 1.807) is 4.90 Å². The highest BCUT2D eigenvalue weighted by molar-refractivity contribution is 6.33. The molecule has 6 heteroatoms. The van der Waals surface area contributed by atoms with Gasteiger partial charge in [0.1, 0.15) is 5.82 Å². The Hall–Kier alpha value is -2.40. The third-order valence-corrected chi connectivity index (χ3v) is 3.86. The van der Waals surface area contributed by atoms with Gasteiger partial charge in [0.25, 0.3) is 5.91 Å². The molecule has 0 heterocycles. The van der Waals surface area contributed by atoms with Crippen LogP contribution in [-0.4, -0.2) is 29.8 Å². The number of benzene rings is 2. The molecule has 0 fully saturated rings. The molecule has 0 aliphatic heterocycles. The zero-order valence-electron chi connectivity index (χ0n) is 13.3. The first kappa shape index (κ1) is 17.9. The number of rotatable bonds is 6. The van der Waals surface area contributed by atoms with Crippen LogP contribution in [0.25, 0.3) is 0 Å². The number of nitrogens with zero attached hydrogens (tertiary/aromatic N) is 1. The maximum Gasteiger partial charge on any atom is 0.256 e. The number of carbonyl (C=O) groups is 2. The summed E-state index contributed by atoms with van der Waals surface area (Å²) < 4.78 is 13.7. The molecule has 4 nitrogen and oxygen atoms in total. The van der Waals surface area contributed by atoms with Crippen molar-refractivity contribution in [2.24, 2.45) is 0 Å². The molecule has 0 radical (unpaired) electrons. The number of amides is 2. The lowest BCUT2D eigenvalue weighted by molar-refractivity contribution is -0.130. The number of halogens is 2. The average molecular weight is 349 g/mol. The molecule has 0 unspecified atom stereocenters. The van der Waals surface area contributed by atoms with Crippen LogP contribution in [0.1, 0.15) is 22.8 Å². The van der Waals surface area contributed by atoms with Gasteiger partial charge in [-0.1, -0.05) is 48.0 Å². The summed E-state index contributed by atoms with van der Waals surface area (Å²) in [5.74, 6) is -1.67. The van der Waals surface area contributed by atoms with Crippen LogP contribution in [0.15, 0.2) is 48.5 Å². The van der Waals surface area contributed by atoms with Crippen molar-refractivity contribution in [2.75, 3.05) is 13.1 Å². The maximum absolute atomic E-state index is 13.7. The molecule has 0 saturated carbocycles. The van der Waals surface area contributed by atoms with Crippen LogP contribution in [0.5, 0.6) is 0 Å². The van der Waals surface area contributed by atoms with E-state index in [2.05, 4.69) is 5.32 Å². The van der Waals surface area contributed by atoms with Gasteiger partial charge in [-0.15, -0.1) is 0 Å². The van der Waals surface area contributed by atoms with Crippen molar-refractivity contribution < 1.29 is 14.0 Å². The zero-order chi connectivity index (χ0) is 17.5. The minimum absolute atomic E-state index is 0.0107. The van der Waals surface area contributed by atoms with E-state index in [1.807, 2.05) is 37.3 Å². The fraction of sp³-hybridized carbons (Fsp3) is 0.222. The lowest BCUT2D eigenvalue weighted by atomic mass is 10.2. The molecule has 2 aromatic carbocycles. The minimum atomic E-state index is -0.718. The Morgan fingerprint density at radius 1 is 1.12 bits per heavy atom. The number of carbonyl (C=O) groups excluding carboxylic acids is 2. The molecule has 1 N–H and O–H groups in total. The third-order valence-electron chi connectivity index (χ3n) is 3.54. The van der Waals surface area contributed by atoms with Crippen molar-refractivity contribution in [3.63, 3.8) is 0 Å². The highest BCUT2D eigenvalue weighted by Gasteiger charge is 2.18. The van der Waals surface area contributed by atoms with Gasteiger partial charge in [-0.2, -0.15) is 0 Å². The Morgan fingerprint density at radius 2 is 1.83 bits per heavy atom. The molecule has 2 rings (SSSR count). The Balaban J connectivity index is 1.97. The fourth-order valence-corrected chi connectivity index (χ4v) is 2.50. The Kier molecular flexibility index (Phi) is 6.32. The number of hydrogen-bond acceptors (Lipinski definition) is 2. The van der Waals surface area contributed by atoms with Gasteiger partial charge in [-0.3, -0.25) is 9.59 Å². The first-order valence-corrected chi connectivity index (χ1v) is 7.94. The van der Waals surface area contributed by atoms with Crippen LogP contribution in [0.3, 0.4) is 0 Å². The molecular formula is C18H18ClFN2O2. The van der Waals surface area contributed by atoms with Crippen molar-refractivity contribution in [3.8, 4) is 0 Å². The van der Waals surface area contributed by atoms with E-state index in [0.717, 1.165) is 11.6 Å². The summed E-state index contributed by atoms with van der Waals surface area (Å²) in [5, 5.41) is 2.44. The van der Waals surface area contributed by atoms with Crippen molar-refractivity contribution >= 4 is 23.4 Å². The van der Waals surface area contributed by atoms with Gasteiger partial charge in [0.15, 0.2) is 0 Å². The van der Waals surface area contributed by atoms with Gasteiger partial charge < -0.3 is 10.2 Å². The molecule has 0 spiro atoms. The highest BCUT2D eigenvalue weighted by atomic mass is 35.5. The van der Waals surface area contributed by atoms with Crippen LogP contribution in [-0.2, 0) is 11.3 Å². The van der Waals surface area contributed by atoms with Crippen LogP contribution in [0.4, 0.5) is 4.39 Å². The molecule has 0 atom stereocenters. The molecule has 0 bridgehead atoms. The standard InChI is InChI=1S/C18H18ClFN2O2/c1-2-22(12-13-7-4-3-5-8-13)16(23)11-21-18(24)17-14(19)9-6-10-15(17)20/h3-10H,2,11-12H2,1H3,(H,21,24). The lowest BCUT2D eigenvalue weighted by Crippen LogP contribution is -2.40. The molecule has 0 saturated heterocycles. The molecule has 0 aliphatic rings. The van der Waals surface area contributed by atoms with E-state index in [9.17, 15) is 14.0 Å². The van der Waals surface area contributed by atoms with Gasteiger partial charge in [0, 0.05) is 13.1 Å². The van der Waals surface area contributed by atoms with Gasteiger partial charge in [-0.05, 0) is 24.6 Å². The van der Waals surface area contributed by atoms with Gasteiger partial charge in [0.05, 0.1) is 17.1 Å². The second kappa shape index (κ2) is 8.45. The normalized spacial score (nSPS) is 10.3. The number of likely N-dealkylation sites (N-methyl/N-ethyl adjacent to an activating group) is 1. The molecular weight excluding hydrogens is 331 g/mol. The van der Waals surface area contributed by atoms with E-state index in [4.69, 9.17) is 11.6 Å². The maximum atomic E-state index is 13.7. The Labute approximate surface area is 145 Å². The monoisotopic (exact) mass is 348 g/mol. The quantitative estimate of drug-likeness (QED) is 0.871. The smallest absolute Gasteiger partial charge is 0.256 e. The van der Waals surface area contributed by atoms with Crippen LogP contribution in [0, 0.1) is 5.82 Å². The number of nitrogens with one attached hydrogen (secondary N) is 1. The van der Waals surface area contributed by atoms with Gasteiger partial charge in [0.2, 0.25) is 5.91 Å². The highest BCUT2D eigenvalue weighted by Crippen LogP contribution is 2.18. The average Bonchev–Trinajstić information content (AvgIpc) is 2.58. The summed E-state index contributed by atoms with van der Waals surface area (Å²) in [6.45, 7) is 2.59. The SMILES string of the molecule is CCN(Cc1ccccc1)C(=O)CNC(=O)c1c(F)cccc1Cl. The van der Waals surface area contributed by atoms with Crippen LogP contribution >= 0.6 is 11.6 Å². The van der Waals surface area contributed by atoms with Crippen molar-refractivity contribution in [1.82, 2.24) is 10.2 Å². The van der Waals surface area contributed by atoms with E-state index in [-0.39, 0.29) is 23.0 Å². The molecule has 24 heavy (non-hydrogen) atoms. The Bertz CT molecular complexity index is 702. The minimum Gasteiger partial charge on any atom is -0.343 e. The second-order valence-electron chi connectivity index (χ2n) is 5.17. The summed E-state index contributed by atoms with van der Waals surface area (Å²) >= 11 is 5.84. The van der Waals surface area contributed by atoms with Crippen molar-refractivity contribution in [2.45, 2.75) is 13.5 Å². The molecule has 2 aromatic rings. The molecule has 0 aromatic heterocycles. The summed E-state index contributed by atoms with van der Waals surface area (Å²) in [4.78, 5) is 25.9. The molecule has 126 valence electrons. The number of hydrogen-bond donors (Lipinski definition) is 1. The Morgan fingerprint density at radius 3 is 2.46 bits per heavy atom. The molecule has 2 amide bonds. The van der Waals surface area contributed by atoms with Crippen LogP contribution < -0.4 is 5.32 Å². The summed E-state index contributed by atoms with van der Waals surface area (Å²) in [6, 6.07) is 13.5. The lowest BCUT2D eigenvalue weighted by Gasteiger charge is -2.21. The molecule has 0 aliphatic carbocycles. The summed E-state index contributed by atoms with van der Waals surface area (Å²) in [7, 11) is 0. The third kappa shape index (κ3) is 4.55. The van der Waals surface area contributed by atoms with Crippen LogP contribution in [0.2, 0.25) is 5.02 Å². The largest absolute Gasteiger partial charge is 0.343 e. The van der Waals surface area contributed by atoms with E-state index >= 15 is 0 Å².